The van der Waals surface area contributed by atoms with Gasteiger partial charge in [-0.05, 0) is 41.6 Å². The van der Waals surface area contributed by atoms with Crippen molar-refractivity contribution in [2.75, 3.05) is 13.6 Å². The van der Waals surface area contributed by atoms with Crippen LogP contribution in [-0.2, 0) is 0 Å². The van der Waals surface area contributed by atoms with E-state index in [0.717, 1.165) is 12.4 Å². The van der Waals surface area contributed by atoms with Gasteiger partial charge in [0, 0.05) is 22.7 Å². The van der Waals surface area contributed by atoms with Crippen LogP contribution in [0.5, 0.6) is 0 Å². The number of nitrogens with zero attached hydrogens (tertiary/aromatic N) is 2. The van der Waals surface area contributed by atoms with Crippen LogP contribution in [0.3, 0.4) is 0 Å². The van der Waals surface area contributed by atoms with E-state index < -0.39 is 0 Å². The summed E-state index contributed by atoms with van der Waals surface area (Å²) in [5.41, 5.74) is 1.22. The molecule has 0 bridgehead atoms. The summed E-state index contributed by atoms with van der Waals surface area (Å²) in [6.45, 7) is 3.18. The van der Waals surface area contributed by atoms with E-state index in [2.05, 4.69) is 70.7 Å². The molecule has 2 rings (SSSR count). The summed E-state index contributed by atoms with van der Waals surface area (Å²) >= 11 is 2.32. The van der Waals surface area contributed by atoms with Gasteiger partial charge in [-0.15, -0.1) is 0 Å². The van der Waals surface area contributed by atoms with Crippen molar-refractivity contribution in [3.63, 3.8) is 0 Å². The van der Waals surface area contributed by atoms with Crippen molar-refractivity contribution in [2.45, 2.75) is 13.0 Å². The maximum absolute atomic E-state index is 4.61. The molecule has 1 aliphatic heterocycles. The van der Waals surface area contributed by atoms with Crippen molar-refractivity contribution >= 4 is 28.4 Å². The minimum atomic E-state index is 0.425. The third-order valence-corrected chi connectivity index (χ3v) is 3.06. The van der Waals surface area contributed by atoms with Crippen LogP contribution in [0.4, 0.5) is 0 Å². The van der Waals surface area contributed by atoms with Gasteiger partial charge >= 0.3 is 0 Å². The fourth-order valence-electron chi connectivity index (χ4n) is 1.72. The van der Waals surface area contributed by atoms with Crippen molar-refractivity contribution in [1.29, 1.82) is 0 Å². The number of likely N-dealkylation sites (N-methyl/N-ethyl adjacent to an activating group) is 1. The molecule has 1 aromatic carbocycles. The average molecular weight is 300 g/mol. The molecule has 0 fully saturated rings. The lowest BCUT2D eigenvalue weighted by molar-refractivity contribution is 0.514. The summed E-state index contributed by atoms with van der Waals surface area (Å²) in [4.78, 5) is 6.82. The molecule has 1 aromatic rings. The molecule has 0 radical (unpaired) electrons. The van der Waals surface area contributed by atoms with Crippen molar-refractivity contribution in [3.05, 3.63) is 33.4 Å². The van der Waals surface area contributed by atoms with Gasteiger partial charge in [0.1, 0.15) is 5.84 Å². The van der Waals surface area contributed by atoms with Gasteiger partial charge in [0.2, 0.25) is 0 Å². The maximum Gasteiger partial charge on any atom is 0.131 e. The summed E-state index contributed by atoms with van der Waals surface area (Å²) < 4.78 is 1.26. The van der Waals surface area contributed by atoms with Crippen LogP contribution in [-0.4, -0.2) is 30.4 Å². The summed E-state index contributed by atoms with van der Waals surface area (Å²) in [6.07, 6.45) is 0. The molecule has 3 heteroatoms. The Bertz CT molecular complexity index is 356. The van der Waals surface area contributed by atoms with Gasteiger partial charge in [-0.1, -0.05) is 12.1 Å². The SMILES string of the molecule is CC1CN(C)C(c2ccc(I)cc2)=N1. The zero-order valence-electron chi connectivity index (χ0n) is 8.37. The first-order chi connectivity index (χ1) is 6.66. The first-order valence-corrected chi connectivity index (χ1v) is 5.79. The number of hydrogen-bond donors (Lipinski definition) is 0. The molecule has 0 N–H and O–H groups in total. The molecule has 1 unspecified atom stereocenters. The van der Waals surface area contributed by atoms with Crippen LogP contribution in [0.15, 0.2) is 29.3 Å². The number of amidine groups is 1. The Morgan fingerprint density at radius 1 is 1.36 bits per heavy atom. The summed E-state index contributed by atoms with van der Waals surface area (Å²) in [7, 11) is 2.10. The summed E-state index contributed by atoms with van der Waals surface area (Å²) in [6, 6.07) is 8.93. The molecule has 1 aliphatic rings. The molecule has 0 saturated carbocycles. The van der Waals surface area contributed by atoms with Crippen molar-refractivity contribution in [1.82, 2.24) is 4.90 Å². The van der Waals surface area contributed by atoms with Gasteiger partial charge < -0.3 is 4.90 Å². The van der Waals surface area contributed by atoms with E-state index in [-0.39, 0.29) is 0 Å². The second-order valence-corrected chi connectivity index (χ2v) is 4.93. The van der Waals surface area contributed by atoms with E-state index in [4.69, 9.17) is 0 Å². The lowest BCUT2D eigenvalue weighted by Gasteiger charge is -2.13. The smallest absolute Gasteiger partial charge is 0.131 e. The Hall–Kier alpha value is -0.580. The molecule has 14 heavy (non-hydrogen) atoms. The number of benzene rings is 1. The molecular formula is C11H13IN2. The highest BCUT2D eigenvalue weighted by Crippen LogP contribution is 2.15. The van der Waals surface area contributed by atoms with Crippen LogP contribution < -0.4 is 0 Å². The highest BCUT2D eigenvalue weighted by Gasteiger charge is 2.19. The van der Waals surface area contributed by atoms with Gasteiger partial charge in [-0.2, -0.15) is 0 Å². The van der Waals surface area contributed by atoms with Gasteiger partial charge in [-0.25, -0.2) is 0 Å². The lowest BCUT2D eigenvalue weighted by Crippen LogP contribution is -2.24. The fraction of sp³-hybridized carbons (Fsp3) is 0.364. The Morgan fingerprint density at radius 3 is 2.50 bits per heavy atom. The predicted molar refractivity (Wildman–Crippen MR) is 67.8 cm³/mol. The molecule has 0 spiro atoms. The fourth-order valence-corrected chi connectivity index (χ4v) is 2.08. The first kappa shape index (κ1) is 9.96. The molecule has 0 saturated heterocycles. The van der Waals surface area contributed by atoms with Crippen LogP contribution in [0.25, 0.3) is 0 Å². The average Bonchev–Trinajstić information content (AvgIpc) is 2.47. The van der Waals surface area contributed by atoms with Crippen LogP contribution >= 0.6 is 22.6 Å². The minimum absolute atomic E-state index is 0.425. The Kier molecular flexibility index (Phi) is 2.76. The third-order valence-electron chi connectivity index (χ3n) is 2.34. The highest BCUT2D eigenvalue weighted by molar-refractivity contribution is 14.1. The van der Waals surface area contributed by atoms with E-state index in [1.54, 1.807) is 0 Å². The molecule has 74 valence electrons. The maximum atomic E-state index is 4.61. The molecule has 2 nitrogen and oxygen atoms in total. The van der Waals surface area contributed by atoms with Gasteiger partial charge in [0.15, 0.2) is 0 Å². The normalized spacial score (nSPS) is 21.2. The topological polar surface area (TPSA) is 15.6 Å². The third kappa shape index (κ3) is 1.92. The van der Waals surface area contributed by atoms with E-state index in [1.807, 2.05) is 0 Å². The highest BCUT2D eigenvalue weighted by atomic mass is 127. The summed E-state index contributed by atoms with van der Waals surface area (Å²) in [5, 5.41) is 0. The molecular weight excluding hydrogens is 287 g/mol. The Labute approximate surface area is 98.2 Å². The van der Waals surface area contributed by atoms with Crippen LogP contribution in [0.2, 0.25) is 0 Å². The van der Waals surface area contributed by atoms with Crippen molar-refractivity contribution < 1.29 is 0 Å². The van der Waals surface area contributed by atoms with Gasteiger partial charge in [0.05, 0.1) is 6.04 Å². The minimum Gasteiger partial charge on any atom is -0.357 e. The number of hydrogen-bond acceptors (Lipinski definition) is 2. The first-order valence-electron chi connectivity index (χ1n) is 4.71. The summed E-state index contributed by atoms with van der Waals surface area (Å²) in [5.74, 6) is 1.12. The Morgan fingerprint density at radius 2 is 2.00 bits per heavy atom. The number of halogens is 1. The number of aliphatic imine (C=N–C) groups is 1. The standard InChI is InChI=1S/C11H13IN2/c1-8-7-14(2)11(13-8)9-3-5-10(12)6-4-9/h3-6,8H,7H2,1-2H3. The second-order valence-electron chi connectivity index (χ2n) is 3.69. The largest absolute Gasteiger partial charge is 0.357 e. The zero-order chi connectivity index (χ0) is 10.1. The lowest BCUT2D eigenvalue weighted by atomic mass is 10.2. The second kappa shape index (κ2) is 3.88. The molecule has 0 aliphatic carbocycles. The van der Waals surface area contributed by atoms with Crippen molar-refractivity contribution in [3.8, 4) is 0 Å². The Balaban J connectivity index is 2.31. The predicted octanol–water partition coefficient (Wildman–Crippen LogP) is 2.37. The van der Waals surface area contributed by atoms with Gasteiger partial charge in [-0.3, -0.25) is 4.99 Å². The van der Waals surface area contributed by atoms with Crippen LogP contribution in [0, 0.1) is 3.57 Å². The van der Waals surface area contributed by atoms with E-state index >= 15 is 0 Å². The molecule has 0 aromatic heterocycles. The van der Waals surface area contributed by atoms with Gasteiger partial charge in [0.25, 0.3) is 0 Å². The van der Waals surface area contributed by atoms with E-state index in [1.165, 1.54) is 9.13 Å². The van der Waals surface area contributed by atoms with E-state index in [9.17, 15) is 0 Å². The van der Waals surface area contributed by atoms with Crippen LogP contribution in [0.1, 0.15) is 12.5 Å². The quantitative estimate of drug-likeness (QED) is 0.727. The van der Waals surface area contributed by atoms with E-state index in [0.29, 0.717) is 6.04 Å². The molecule has 0 amide bonds. The number of rotatable bonds is 1. The molecule has 1 heterocycles. The zero-order valence-corrected chi connectivity index (χ0v) is 10.5. The molecule has 1 atom stereocenters. The van der Waals surface area contributed by atoms with Crippen molar-refractivity contribution in [2.24, 2.45) is 4.99 Å². The monoisotopic (exact) mass is 300 g/mol.